The molecule has 0 spiro atoms. The van der Waals surface area contributed by atoms with E-state index in [-0.39, 0.29) is 12.7 Å². The van der Waals surface area contributed by atoms with E-state index in [2.05, 4.69) is 5.32 Å². The van der Waals surface area contributed by atoms with Crippen LogP contribution in [0.4, 0.5) is 5.69 Å². The van der Waals surface area contributed by atoms with Crippen LogP contribution in [0.2, 0.25) is 0 Å². The zero-order chi connectivity index (χ0) is 14.8. The quantitative estimate of drug-likeness (QED) is 0.938. The first kappa shape index (κ1) is 13.5. The van der Waals surface area contributed by atoms with Crippen LogP contribution < -0.4 is 14.8 Å². The molecule has 2 aromatic rings. The van der Waals surface area contributed by atoms with Crippen molar-refractivity contribution >= 4 is 11.6 Å². The van der Waals surface area contributed by atoms with Crippen molar-refractivity contribution in [2.75, 3.05) is 12.1 Å². The maximum Gasteiger partial charge on any atom is 0.231 e. The summed E-state index contributed by atoms with van der Waals surface area (Å²) in [4.78, 5) is 12.0. The van der Waals surface area contributed by atoms with E-state index in [1.54, 1.807) is 6.07 Å². The van der Waals surface area contributed by atoms with Crippen LogP contribution in [-0.2, 0) is 11.2 Å². The number of furan rings is 1. The second kappa shape index (κ2) is 5.52. The molecule has 21 heavy (non-hydrogen) atoms. The van der Waals surface area contributed by atoms with Gasteiger partial charge in [-0.15, -0.1) is 0 Å². The van der Waals surface area contributed by atoms with Crippen LogP contribution >= 0.6 is 0 Å². The fourth-order valence-corrected chi connectivity index (χ4v) is 2.25. The number of aryl methyl sites for hydroxylation is 3. The molecule has 1 aliphatic rings. The highest BCUT2D eigenvalue weighted by molar-refractivity contribution is 5.92. The number of anilines is 1. The zero-order valence-electron chi connectivity index (χ0n) is 12.1. The van der Waals surface area contributed by atoms with Gasteiger partial charge in [0.1, 0.15) is 11.5 Å². The molecule has 1 amide bonds. The first-order chi connectivity index (χ1) is 10.1. The number of hydrogen-bond acceptors (Lipinski definition) is 4. The number of benzene rings is 1. The van der Waals surface area contributed by atoms with Crippen LogP contribution in [-0.4, -0.2) is 12.7 Å². The Morgan fingerprint density at radius 3 is 2.67 bits per heavy atom. The highest BCUT2D eigenvalue weighted by Crippen LogP contribution is 2.36. The minimum absolute atomic E-state index is 0.0500. The number of hydrogen-bond donors (Lipinski definition) is 1. The van der Waals surface area contributed by atoms with E-state index in [1.807, 2.05) is 32.0 Å². The molecule has 5 heteroatoms. The van der Waals surface area contributed by atoms with Crippen molar-refractivity contribution in [1.29, 1.82) is 0 Å². The molecule has 0 saturated carbocycles. The molecule has 1 aromatic carbocycles. The topological polar surface area (TPSA) is 60.7 Å². The van der Waals surface area contributed by atoms with Crippen LogP contribution in [0, 0.1) is 13.8 Å². The normalized spacial score (nSPS) is 12.5. The molecule has 2 heterocycles. The Kier molecular flexibility index (Phi) is 3.56. The van der Waals surface area contributed by atoms with Crippen molar-refractivity contribution in [3.05, 3.63) is 41.3 Å². The minimum Gasteiger partial charge on any atom is -0.466 e. The Labute approximate surface area is 122 Å². The molecule has 1 aliphatic heterocycles. The number of rotatable bonds is 4. The van der Waals surface area contributed by atoms with Gasteiger partial charge in [-0.25, -0.2) is 0 Å². The fourth-order valence-electron chi connectivity index (χ4n) is 2.25. The van der Waals surface area contributed by atoms with Crippen molar-refractivity contribution in [1.82, 2.24) is 0 Å². The Morgan fingerprint density at radius 2 is 1.95 bits per heavy atom. The molecule has 1 N–H and O–H groups in total. The van der Waals surface area contributed by atoms with Gasteiger partial charge in [-0.05, 0) is 37.6 Å². The van der Waals surface area contributed by atoms with Crippen LogP contribution in [0.3, 0.4) is 0 Å². The molecule has 5 nitrogen and oxygen atoms in total. The van der Waals surface area contributed by atoms with E-state index in [1.165, 1.54) is 0 Å². The van der Waals surface area contributed by atoms with Crippen molar-refractivity contribution in [2.45, 2.75) is 26.7 Å². The van der Waals surface area contributed by atoms with Crippen LogP contribution in [0.25, 0.3) is 0 Å². The highest BCUT2D eigenvalue weighted by atomic mass is 16.7. The van der Waals surface area contributed by atoms with E-state index in [0.717, 1.165) is 28.5 Å². The summed E-state index contributed by atoms with van der Waals surface area (Å²) in [5.74, 6) is 3.02. The number of ether oxygens (including phenoxy) is 2. The predicted octanol–water partition coefficient (Wildman–Crippen LogP) is 3.20. The van der Waals surface area contributed by atoms with Gasteiger partial charge in [0, 0.05) is 24.6 Å². The molecular weight excluding hydrogens is 270 g/mol. The second-order valence-corrected chi connectivity index (χ2v) is 5.08. The van der Waals surface area contributed by atoms with E-state index in [0.29, 0.717) is 18.6 Å². The van der Waals surface area contributed by atoms with Gasteiger partial charge in [0.15, 0.2) is 11.5 Å². The predicted molar refractivity (Wildman–Crippen MR) is 77.7 cm³/mol. The largest absolute Gasteiger partial charge is 0.466 e. The molecule has 0 bridgehead atoms. The first-order valence-corrected chi connectivity index (χ1v) is 6.87. The third-order valence-electron chi connectivity index (χ3n) is 3.39. The summed E-state index contributed by atoms with van der Waals surface area (Å²) in [7, 11) is 0. The van der Waals surface area contributed by atoms with Gasteiger partial charge in [0.25, 0.3) is 0 Å². The third-order valence-corrected chi connectivity index (χ3v) is 3.39. The molecule has 3 rings (SSSR count). The summed E-state index contributed by atoms with van der Waals surface area (Å²) in [5, 5.41) is 2.90. The average molecular weight is 287 g/mol. The molecule has 1 aromatic heterocycles. The van der Waals surface area contributed by atoms with Gasteiger partial charge in [0.05, 0.1) is 0 Å². The van der Waals surface area contributed by atoms with Crippen molar-refractivity contribution < 1.29 is 18.7 Å². The lowest BCUT2D eigenvalue weighted by Crippen LogP contribution is -2.13. The Bertz CT molecular complexity index is 675. The number of fused-ring (bicyclic) bond motifs is 1. The van der Waals surface area contributed by atoms with Gasteiger partial charge >= 0.3 is 0 Å². The van der Waals surface area contributed by atoms with E-state index in [4.69, 9.17) is 13.9 Å². The summed E-state index contributed by atoms with van der Waals surface area (Å²) in [6.07, 6.45) is 0.962. The number of nitrogens with one attached hydrogen (secondary N) is 1. The molecule has 110 valence electrons. The number of carbonyl (C=O) groups excluding carboxylic acids is 1. The van der Waals surface area contributed by atoms with Gasteiger partial charge in [-0.3, -0.25) is 4.79 Å². The first-order valence-electron chi connectivity index (χ1n) is 6.87. The third kappa shape index (κ3) is 3.02. The second-order valence-electron chi connectivity index (χ2n) is 5.08. The average Bonchev–Trinajstić information content (AvgIpc) is 3.05. The SMILES string of the molecule is Cc1ccc(CCC(=O)Nc2cc3c(cc2C)OCO3)o1. The summed E-state index contributed by atoms with van der Waals surface area (Å²) in [6.45, 7) is 4.04. The Morgan fingerprint density at radius 1 is 1.19 bits per heavy atom. The van der Waals surface area contributed by atoms with Gasteiger partial charge in [-0.1, -0.05) is 0 Å². The van der Waals surface area contributed by atoms with Crippen molar-refractivity contribution in [3.63, 3.8) is 0 Å². The molecule has 0 atom stereocenters. The smallest absolute Gasteiger partial charge is 0.231 e. The summed E-state index contributed by atoms with van der Waals surface area (Å²) in [5.41, 5.74) is 1.70. The monoisotopic (exact) mass is 287 g/mol. The van der Waals surface area contributed by atoms with E-state index in [9.17, 15) is 4.79 Å². The molecule has 0 radical (unpaired) electrons. The van der Waals surface area contributed by atoms with Gasteiger partial charge in [-0.2, -0.15) is 0 Å². The van der Waals surface area contributed by atoms with E-state index < -0.39 is 0 Å². The van der Waals surface area contributed by atoms with E-state index >= 15 is 0 Å². The van der Waals surface area contributed by atoms with Crippen LogP contribution in [0.15, 0.2) is 28.7 Å². The molecule has 0 fully saturated rings. The molecule has 0 saturated heterocycles. The molecule has 0 unspecified atom stereocenters. The lowest BCUT2D eigenvalue weighted by Gasteiger charge is -2.09. The lowest BCUT2D eigenvalue weighted by molar-refractivity contribution is -0.116. The number of carbonyl (C=O) groups is 1. The van der Waals surface area contributed by atoms with Crippen LogP contribution in [0.5, 0.6) is 11.5 Å². The standard InChI is InChI=1S/C16H17NO4/c1-10-7-14-15(20-9-19-14)8-13(10)17-16(18)6-5-12-4-3-11(2)21-12/h3-4,7-8H,5-6,9H2,1-2H3,(H,17,18). The maximum absolute atomic E-state index is 12.0. The minimum atomic E-state index is -0.0500. The molecule has 0 aliphatic carbocycles. The lowest BCUT2D eigenvalue weighted by atomic mass is 10.1. The summed E-state index contributed by atoms with van der Waals surface area (Å²) >= 11 is 0. The Balaban J connectivity index is 1.62. The highest BCUT2D eigenvalue weighted by Gasteiger charge is 2.16. The Hall–Kier alpha value is -2.43. The summed E-state index contributed by atoms with van der Waals surface area (Å²) in [6, 6.07) is 7.46. The van der Waals surface area contributed by atoms with Gasteiger partial charge < -0.3 is 19.2 Å². The zero-order valence-corrected chi connectivity index (χ0v) is 12.1. The summed E-state index contributed by atoms with van der Waals surface area (Å²) < 4.78 is 16.1. The van der Waals surface area contributed by atoms with Crippen molar-refractivity contribution in [2.24, 2.45) is 0 Å². The fraction of sp³-hybridized carbons (Fsp3) is 0.312. The van der Waals surface area contributed by atoms with Crippen LogP contribution in [0.1, 0.15) is 23.5 Å². The number of amides is 1. The van der Waals surface area contributed by atoms with Gasteiger partial charge in [0.2, 0.25) is 12.7 Å². The molecular formula is C16H17NO4. The maximum atomic E-state index is 12.0. The van der Waals surface area contributed by atoms with Crippen molar-refractivity contribution in [3.8, 4) is 11.5 Å².